The van der Waals surface area contributed by atoms with E-state index in [0.29, 0.717) is 24.5 Å². The molecule has 2 N–H and O–H groups in total. The summed E-state index contributed by atoms with van der Waals surface area (Å²) in [6.07, 6.45) is 7.60. The van der Waals surface area contributed by atoms with Crippen molar-refractivity contribution in [1.29, 1.82) is 0 Å². The van der Waals surface area contributed by atoms with E-state index in [-0.39, 0.29) is 0 Å². The van der Waals surface area contributed by atoms with E-state index in [0.717, 1.165) is 65.7 Å². The highest BCUT2D eigenvalue weighted by molar-refractivity contribution is 5.74. The third-order valence-corrected chi connectivity index (χ3v) is 7.15. The molecule has 2 unspecified atom stereocenters. The molecule has 2 aliphatic rings. The Morgan fingerprint density at radius 3 is 2.38 bits per heavy atom. The minimum atomic E-state index is 0.311. The number of benzene rings is 2. The number of nitrogen functional groups attached to an aromatic ring is 1. The van der Waals surface area contributed by atoms with Gasteiger partial charge in [0, 0.05) is 48.7 Å². The smallest absolute Gasteiger partial charge is 0.225 e. The maximum atomic E-state index is 6.37. The van der Waals surface area contributed by atoms with Crippen LogP contribution in [0.1, 0.15) is 24.0 Å². The van der Waals surface area contributed by atoms with E-state index in [4.69, 9.17) is 10.5 Å². The molecule has 8 heteroatoms. The Kier molecular flexibility index (Phi) is 6.14. The van der Waals surface area contributed by atoms with Gasteiger partial charge in [-0.3, -0.25) is 0 Å². The van der Waals surface area contributed by atoms with Crippen LogP contribution in [0.5, 0.6) is 5.75 Å². The quantitative estimate of drug-likeness (QED) is 0.401. The monoisotopic (exact) mass is 491 g/mol. The van der Waals surface area contributed by atoms with Crippen LogP contribution in [-0.4, -0.2) is 45.3 Å². The summed E-state index contributed by atoms with van der Waals surface area (Å²) >= 11 is 0. The fraction of sp³-hybridized carbons (Fsp3) is 0.241. The molecule has 2 saturated heterocycles. The van der Waals surface area contributed by atoms with Gasteiger partial charge in [-0.05, 0) is 36.6 Å². The molecule has 0 amide bonds. The first-order valence-corrected chi connectivity index (χ1v) is 12.6. The lowest BCUT2D eigenvalue weighted by molar-refractivity contribution is 0.307. The van der Waals surface area contributed by atoms with Gasteiger partial charge in [-0.25, -0.2) is 9.97 Å². The van der Waals surface area contributed by atoms with Crippen molar-refractivity contribution in [3.05, 3.63) is 90.8 Å². The maximum absolute atomic E-state index is 6.37. The molecule has 2 fully saturated rings. The molecule has 186 valence electrons. The van der Waals surface area contributed by atoms with Gasteiger partial charge in [-0.15, -0.1) is 10.2 Å². The van der Waals surface area contributed by atoms with E-state index in [2.05, 4.69) is 48.7 Å². The normalized spacial score (nSPS) is 18.6. The number of hydrogen-bond donors (Lipinski definition) is 1. The van der Waals surface area contributed by atoms with E-state index in [1.54, 1.807) is 6.08 Å². The predicted octanol–water partition coefficient (Wildman–Crippen LogP) is 4.60. The Morgan fingerprint density at radius 2 is 1.65 bits per heavy atom. The van der Waals surface area contributed by atoms with Crippen LogP contribution >= 0.6 is 0 Å². The van der Waals surface area contributed by atoms with Gasteiger partial charge in [0.1, 0.15) is 12.4 Å². The summed E-state index contributed by atoms with van der Waals surface area (Å²) in [5.74, 6) is 1.98. The number of anilines is 3. The van der Waals surface area contributed by atoms with Gasteiger partial charge in [0.2, 0.25) is 5.95 Å². The zero-order chi connectivity index (χ0) is 25.2. The molecule has 4 aromatic rings. The molecular formula is C29H29N7O. The second kappa shape index (κ2) is 9.89. The van der Waals surface area contributed by atoms with Gasteiger partial charge in [0.25, 0.3) is 0 Å². The lowest BCUT2D eigenvalue weighted by atomic mass is 10.1. The highest BCUT2D eigenvalue weighted by Gasteiger charge is 2.42. The van der Waals surface area contributed by atoms with Crippen molar-refractivity contribution in [3.63, 3.8) is 0 Å². The van der Waals surface area contributed by atoms with Gasteiger partial charge >= 0.3 is 0 Å². The SMILES string of the molecule is C=Cc1cnc(N2C3CCC2CN(c2cc(-c4ccccc4OCc4ccccc4)nnc2N)C3)nc1. The zero-order valence-corrected chi connectivity index (χ0v) is 20.6. The van der Waals surface area contributed by atoms with Gasteiger partial charge in [-0.1, -0.05) is 55.1 Å². The van der Waals surface area contributed by atoms with Crippen LogP contribution in [0.2, 0.25) is 0 Å². The summed E-state index contributed by atoms with van der Waals surface area (Å²) in [4.78, 5) is 13.9. The molecular weight excluding hydrogens is 462 g/mol. The van der Waals surface area contributed by atoms with Crippen LogP contribution in [-0.2, 0) is 6.61 Å². The molecule has 2 aromatic carbocycles. The van der Waals surface area contributed by atoms with Crippen molar-refractivity contribution in [3.8, 4) is 17.0 Å². The molecule has 2 atom stereocenters. The van der Waals surface area contributed by atoms with Gasteiger partial charge in [0.15, 0.2) is 5.82 Å². The summed E-state index contributed by atoms with van der Waals surface area (Å²) in [5, 5.41) is 8.77. The summed E-state index contributed by atoms with van der Waals surface area (Å²) in [6.45, 7) is 5.92. The van der Waals surface area contributed by atoms with Gasteiger partial charge in [-0.2, -0.15) is 0 Å². The zero-order valence-electron chi connectivity index (χ0n) is 20.6. The lowest BCUT2D eigenvalue weighted by Crippen LogP contribution is -2.54. The number of nitrogens with two attached hydrogens (primary N) is 1. The van der Waals surface area contributed by atoms with Crippen LogP contribution in [0.3, 0.4) is 0 Å². The van der Waals surface area contributed by atoms with E-state index in [1.807, 2.05) is 60.9 Å². The molecule has 0 saturated carbocycles. The van der Waals surface area contributed by atoms with Crippen molar-refractivity contribution in [2.45, 2.75) is 31.5 Å². The molecule has 6 rings (SSSR count). The Morgan fingerprint density at radius 1 is 0.946 bits per heavy atom. The van der Waals surface area contributed by atoms with Crippen molar-refractivity contribution < 1.29 is 4.74 Å². The second-order valence-electron chi connectivity index (χ2n) is 9.49. The van der Waals surface area contributed by atoms with E-state index < -0.39 is 0 Å². The number of para-hydroxylation sites is 1. The van der Waals surface area contributed by atoms with Gasteiger partial charge in [0.05, 0.1) is 11.4 Å². The maximum Gasteiger partial charge on any atom is 0.225 e. The first-order chi connectivity index (χ1) is 18.2. The average Bonchev–Trinajstić information content (AvgIpc) is 3.22. The molecule has 0 aliphatic carbocycles. The Balaban J connectivity index is 1.24. The van der Waals surface area contributed by atoms with E-state index in [1.165, 1.54) is 0 Å². The Labute approximate surface area is 216 Å². The number of nitrogens with zero attached hydrogens (tertiary/aromatic N) is 6. The molecule has 8 nitrogen and oxygen atoms in total. The first-order valence-electron chi connectivity index (χ1n) is 12.6. The van der Waals surface area contributed by atoms with Crippen LogP contribution < -0.4 is 20.3 Å². The van der Waals surface area contributed by atoms with Crippen LogP contribution in [0, 0.1) is 0 Å². The third-order valence-electron chi connectivity index (χ3n) is 7.15. The molecule has 2 bridgehead atoms. The Bertz CT molecular complexity index is 1380. The number of fused-ring (bicyclic) bond motifs is 2. The fourth-order valence-electron chi connectivity index (χ4n) is 5.31. The predicted molar refractivity (Wildman–Crippen MR) is 146 cm³/mol. The highest BCUT2D eigenvalue weighted by atomic mass is 16.5. The molecule has 0 spiro atoms. The lowest BCUT2D eigenvalue weighted by Gasteiger charge is -2.42. The third kappa shape index (κ3) is 4.58. The van der Waals surface area contributed by atoms with Crippen LogP contribution in [0.4, 0.5) is 17.5 Å². The molecule has 4 heterocycles. The summed E-state index contributed by atoms with van der Waals surface area (Å²) in [7, 11) is 0. The number of piperazine rings is 1. The molecule has 37 heavy (non-hydrogen) atoms. The summed E-state index contributed by atoms with van der Waals surface area (Å²) in [5.41, 5.74) is 10.9. The van der Waals surface area contributed by atoms with Crippen molar-refractivity contribution >= 4 is 23.5 Å². The number of ether oxygens (including phenoxy) is 1. The summed E-state index contributed by atoms with van der Waals surface area (Å²) in [6, 6.07) is 20.7. The first kappa shape index (κ1) is 23.0. The minimum Gasteiger partial charge on any atom is -0.488 e. The molecule has 2 aromatic heterocycles. The van der Waals surface area contributed by atoms with E-state index >= 15 is 0 Å². The summed E-state index contributed by atoms with van der Waals surface area (Å²) < 4.78 is 6.18. The fourth-order valence-corrected chi connectivity index (χ4v) is 5.31. The molecule has 2 aliphatic heterocycles. The van der Waals surface area contributed by atoms with Crippen molar-refractivity contribution in [2.24, 2.45) is 0 Å². The average molecular weight is 492 g/mol. The Hall–Kier alpha value is -4.46. The highest BCUT2D eigenvalue weighted by Crippen LogP contribution is 2.38. The molecule has 0 radical (unpaired) electrons. The topological polar surface area (TPSA) is 93.3 Å². The van der Waals surface area contributed by atoms with Crippen molar-refractivity contribution in [2.75, 3.05) is 28.6 Å². The van der Waals surface area contributed by atoms with Crippen molar-refractivity contribution in [1.82, 2.24) is 20.2 Å². The standard InChI is InChI=1S/C29H29N7O/c1-2-20-15-31-29(32-16-20)36-22-12-13-23(36)18-35(17-22)26-14-25(33-34-28(26)30)24-10-6-7-11-27(24)37-19-21-8-4-3-5-9-21/h2-11,14-16,22-23H,1,12-13,17-19H2,(H2,30,34). The minimum absolute atomic E-state index is 0.311. The largest absolute Gasteiger partial charge is 0.488 e. The number of hydrogen-bond acceptors (Lipinski definition) is 8. The second-order valence-corrected chi connectivity index (χ2v) is 9.49. The number of aromatic nitrogens is 4. The van der Waals surface area contributed by atoms with Gasteiger partial charge < -0.3 is 20.3 Å². The number of rotatable bonds is 7. The van der Waals surface area contributed by atoms with Crippen LogP contribution in [0.15, 0.2) is 79.6 Å². The van der Waals surface area contributed by atoms with E-state index in [9.17, 15) is 0 Å². The van der Waals surface area contributed by atoms with Crippen LogP contribution in [0.25, 0.3) is 17.3 Å².